The predicted molar refractivity (Wildman–Crippen MR) is 127 cm³/mol. The van der Waals surface area contributed by atoms with Crippen LogP contribution < -0.4 is 5.73 Å². The van der Waals surface area contributed by atoms with Crippen molar-refractivity contribution in [2.45, 2.75) is 84.6 Å². The maximum atomic E-state index is 12.9. The van der Waals surface area contributed by atoms with Gasteiger partial charge in [-0.3, -0.25) is 0 Å². The molecule has 6 nitrogen and oxygen atoms in total. The van der Waals surface area contributed by atoms with Gasteiger partial charge >= 0.3 is 5.97 Å². The monoisotopic (exact) mass is 424 g/mol. The summed E-state index contributed by atoms with van der Waals surface area (Å²) in [5.74, 6) is 0.0177. The molecule has 0 fully saturated rings. The first-order valence-corrected chi connectivity index (χ1v) is 11.9. The molecule has 0 unspecified atom stereocenters. The average Bonchev–Trinajstić information content (AvgIpc) is 3.04. The lowest BCUT2D eigenvalue weighted by atomic mass is 10.1. The summed E-state index contributed by atoms with van der Waals surface area (Å²) >= 11 is 0. The van der Waals surface area contributed by atoms with Crippen LogP contribution >= 0.6 is 0 Å². The smallest absolute Gasteiger partial charge is 0.344 e. The number of nitrogens with two attached hydrogens (primary N) is 1. The Morgan fingerprint density at radius 2 is 1.52 bits per heavy atom. The van der Waals surface area contributed by atoms with E-state index in [-0.39, 0.29) is 0 Å². The van der Waals surface area contributed by atoms with Gasteiger partial charge < -0.3 is 15.0 Å². The van der Waals surface area contributed by atoms with Crippen LogP contribution in [0.5, 0.6) is 0 Å². The van der Waals surface area contributed by atoms with E-state index in [1.54, 1.807) is 0 Å². The van der Waals surface area contributed by atoms with Crippen molar-refractivity contribution in [1.82, 2.24) is 14.5 Å². The number of rotatable bonds is 13. The lowest BCUT2D eigenvalue weighted by Crippen LogP contribution is -2.11. The fraction of sp³-hybridized carbons (Fsp3) is 0.560. The highest BCUT2D eigenvalue weighted by Crippen LogP contribution is 2.29. The maximum absolute atomic E-state index is 12.9. The SMILES string of the molecule is CCCCCCCOC(=O)c1c(N)n(CCCCCCC)c2nc3ccccc3nc12. The molecule has 0 amide bonds. The van der Waals surface area contributed by atoms with E-state index in [1.807, 2.05) is 28.8 Å². The van der Waals surface area contributed by atoms with Gasteiger partial charge in [0.25, 0.3) is 0 Å². The first-order valence-electron chi connectivity index (χ1n) is 11.9. The van der Waals surface area contributed by atoms with Gasteiger partial charge in [-0.15, -0.1) is 0 Å². The number of aryl methyl sites for hydroxylation is 1. The summed E-state index contributed by atoms with van der Waals surface area (Å²) in [4.78, 5) is 22.5. The molecule has 0 spiro atoms. The number of fused-ring (bicyclic) bond motifs is 2. The highest BCUT2D eigenvalue weighted by Gasteiger charge is 2.24. The minimum absolute atomic E-state index is 0.357. The van der Waals surface area contributed by atoms with Crippen LogP contribution in [0.1, 0.15) is 88.4 Å². The van der Waals surface area contributed by atoms with Gasteiger partial charge in [0.2, 0.25) is 0 Å². The number of esters is 1. The van der Waals surface area contributed by atoms with Crippen LogP contribution in [-0.2, 0) is 11.3 Å². The zero-order chi connectivity index (χ0) is 22.1. The Morgan fingerprint density at radius 3 is 2.19 bits per heavy atom. The number of hydrogen-bond donors (Lipinski definition) is 1. The van der Waals surface area contributed by atoms with Gasteiger partial charge in [-0.2, -0.15) is 0 Å². The Labute approximate surface area is 185 Å². The number of carbonyl (C=O) groups excluding carboxylic acids is 1. The average molecular weight is 425 g/mol. The highest BCUT2D eigenvalue weighted by atomic mass is 16.5. The molecule has 0 aliphatic rings. The Hall–Kier alpha value is -2.63. The highest BCUT2D eigenvalue weighted by molar-refractivity contribution is 6.08. The number of unbranched alkanes of at least 4 members (excludes halogenated alkanes) is 8. The fourth-order valence-corrected chi connectivity index (χ4v) is 3.96. The molecular formula is C25H36N4O2. The number of hydrogen-bond acceptors (Lipinski definition) is 5. The molecule has 3 aromatic rings. The van der Waals surface area contributed by atoms with E-state index >= 15 is 0 Å². The number of aromatic nitrogens is 3. The van der Waals surface area contributed by atoms with E-state index in [0.717, 1.165) is 43.3 Å². The third kappa shape index (κ3) is 5.75. The fourth-order valence-electron chi connectivity index (χ4n) is 3.96. The topological polar surface area (TPSA) is 83.0 Å². The molecule has 0 atom stereocenters. The van der Waals surface area contributed by atoms with Gasteiger partial charge in [0.05, 0.1) is 17.6 Å². The number of nitrogens with zero attached hydrogens (tertiary/aromatic N) is 3. The Morgan fingerprint density at radius 1 is 0.903 bits per heavy atom. The third-order valence-corrected chi connectivity index (χ3v) is 5.76. The Bertz CT molecular complexity index is 996. The van der Waals surface area contributed by atoms with Gasteiger partial charge in [0, 0.05) is 6.54 Å². The number of ether oxygens (including phenoxy) is 1. The van der Waals surface area contributed by atoms with Crippen LogP contribution in [0.25, 0.3) is 22.2 Å². The minimum Gasteiger partial charge on any atom is -0.462 e. The second-order valence-electron chi connectivity index (χ2n) is 8.26. The van der Waals surface area contributed by atoms with Crippen molar-refractivity contribution in [2.75, 3.05) is 12.3 Å². The van der Waals surface area contributed by atoms with Gasteiger partial charge in [0.1, 0.15) is 16.9 Å². The van der Waals surface area contributed by atoms with Gasteiger partial charge in [-0.25, -0.2) is 14.8 Å². The van der Waals surface area contributed by atoms with Crippen molar-refractivity contribution in [3.8, 4) is 0 Å². The molecule has 6 heteroatoms. The van der Waals surface area contributed by atoms with Crippen LogP contribution in [0.2, 0.25) is 0 Å². The van der Waals surface area contributed by atoms with E-state index in [4.69, 9.17) is 20.4 Å². The van der Waals surface area contributed by atoms with Crippen LogP contribution in [-0.4, -0.2) is 27.1 Å². The molecule has 0 saturated heterocycles. The second-order valence-corrected chi connectivity index (χ2v) is 8.26. The summed E-state index contributed by atoms with van der Waals surface area (Å²) in [6, 6.07) is 7.71. The molecule has 0 radical (unpaired) electrons. The van der Waals surface area contributed by atoms with E-state index in [0.29, 0.717) is 29.2 Å². The first-order chi connectivity index (χ1) is 15.2. The number of anilines is 1. The zero-order valence-electron chi connectivity index (χ0n) is 19.0. The molecule has 168 valence electrons. The summed E-state index contributed by atoms with van der Waals surface area (Å²) in [5, 5.41) is 0. The van der Waals surface area contributed by atoms with Crippen molar-refractivity contribution >= 4 is 34.0 Å². The number of para-hydroxylation sites is 2. The van der Waals surface area contributed by atoms with Crippen LogP contribution in [0.15, 0.2) is 24.3 Å². The van der Waals surface area contributed by atoms with Gasteiger partial charge in [-0.1, -0.05) is 77.3 Å². The second kappa shape index (κ2) is 11.7. The largest absolute Gasteiger partial charge is 0.462 e. The van der Waals surface area contributed by atoms with E-state index in [2.05, 4.69) is 13.8 Å². The zero-order valence-corrected chi connectivity index (χ0v) is 19.0. The van der Waals surface area contributed by atoms with Crippen LogP contribution in [0.4, 0.5) is 5.82 Å². The molecule has 31 heavy (non-hydrogen) atoms. The van der Waals surface area contributed by atoms with Gasteiger partial charge in [0.15, 0.2) is 5.65 Å². The molecule has 0 bridgehead atoms. The maximum Gasteiger partial charge on any atom is 0.344 e. The predicted octanol–water partition coefficient (Wildman–Crippen LogP) is 6.26. The van der Waals surface area contributed by atoms with Crippen LogP contribution in [0, 0.1) is 0 Å². The minimum atomic E-state index is -0.396. The molecule has 2 N–H and O–H groups in total. The van der Waals surface area contributed by atoms with Gasteiger partial charge in [-0.05, 0) is 25.0 Å². The van der Waals surface area contributed by atoms with Crippen LogP contribution in [0.3, 0.4) is 0 Å². The molecule has 2 aromatic heterocycles. The lowest BCUT2D eigenvalue weighted by Gasteiger charge is -2.08. The lowest BCUT2D eigenvalue weighted by molar-refractivity contribution is 0.0501. The van der Waals surface area contributed by atoms with Crippen molar-refractivity contribution in [3.63, 3.8) is 0 Å². The Balaban J connectivity index is 1.84. The van der Waals surface area contributed by atoms with E-state index in [9.17, 15) is 4.79 Å². The molecule has 3 rings (SSSR count). The summed E-state index contributed by atoms with van der Waals surface area (Å²) < 4.78 is 7.52. The number of nitrogen functional groups attached to an aromatic ring is 1. The quantitative estimate of drug-likeness (QED) is 0.258. The normalized spacial score (nSPS) is 11.4. The van der Waals surface area contributed by atoms with Crippen molar-refractivity contribution in [3.05, 3.63) is 29.8 Å². The van der Waals surface area contributed by atoms with Crippen molar-refractivity contribution in [2.24, 2.45) is 0 Å². The first kappa shape index (κ1) is 23.0. The molecule has 0 saturated carbocycles. The molecule has 0 aliphatic heterocycles. The van der Waals surface area contributed by atoms with Crippen molar-refractivity contribution in [1.29, 1.82) is 0 Å². The van der Waals surface area contributed by atoms with E-state index in [1.165, 1.54) is 38.5 Å². The summed E-state index contributed by atoms with van der Waals surface area (Å²) in [5.41, 5.74) is 9.59. The summed E-state index contributed by atoms with van der Waals surface area (Å²) in [7, 11) is 0. The summed E-state index contributed by atoms with van der Waals surface area (Å²) in [6.07, 6.45) is 11.3. The number of carbonyl (C=O) groups is 1. The standard InChI is InChI=1S/C25H36N4O2/c1-3-5-7-9-13-17-29-23(26)21(25(30)31-18-14-10-8-6-4-2)22-24(29)28-20-16-12-11-15-19(20)27-22/h11-12,15-16H,3-10,13-14,17-18,26H2,1-2H3. The van der Waals surface area contributed by atoms with Crippen molar-refractivity contribution < 1.29 is 9.53 Å². The summed E-state index contributed by atoms with van der Waals surface area (Å²) in [6.45, 7) is 5.53. The number of benzene rings is 1. The molecule has 0 aliphatic carbocycles. The molecular weight excluding hydrogens is 388 g/mol. The molecule has 1 aromatic carbocycles. The Kier molecular flexibility index (Phi) is 8.68. The third-order valence-electron chi connectivity index (χ3n) is 5.76. The molecule has 2 heterocycles. The van der Waals surface area contributed by atoms with E-state index < -0.39 is 5.97 Å².